The van der Waals surface area contributed by atoms with Crippen LogP contribution in [0.25, 0.3) is 0 Å². The number of halogens is 2. The Hall–Kier alpha value is -1.97. The molecule has 0 radical (unpaired) electrons. The van der Waals surface area contributed by atoms with Crippen LogP contribution in [-0.2, 0) is 18.5 Å². The summed E-state index contributed by atoms with van der Waals surface area (Å²) in [5, 5.41) is 0. The number of nitrogens with zero attached hydrogens (tertiary/aromatic N) is 3. The second-order valence-corrected chi connectivity index (χ2v) is 11.2. The zero-order valence-electron chi connectivity index (χ0n) is 21.1. The van der Waals surface area contributed by atoms with Crippen LogP contribution in [0.15, 0.2) is 59.6 Å². The van der Waals surface area contributed by atoms with Gasteiger partial charge in [0.25, 0.3) is 5.82 Å². The Labute approximate surface area is 219 Å². The van der Waals surface area contributed by atoms with Crippen molar-refractivity contribution in [2.45, 2.75) is 53.9 Å². The van der Waals surface area contributed by atoms with Gasteiger partial charge in [-0.2, -0.15) is 0 Å². The van der Waals surface area contributed by atoms with Crippen LogP contribution in [0, 0.1) is 20.8 Å². The van der Waals surface area contributed by atoms with Gasteiger partial charge in [-0.05, 0) is 56.4 Å². The number of hydrogen-bond acceptors (Lipinski definition) is 2. The van der Waals surface area contributed by atoms with Gasteiger partial charge in [-0.3, -0.25) is 0 Å². The Morgan fingerprint density at radius 2 is 1.53 bits per heavy atom. The molecule has 6 heteroatoms. The molecule has 1 heterocycles. The third-order valence-electron chi connectivity index (χ3n) is 5.41. The predicted octanol–water partition coefficient (Wildman–Crippen LogP) is 8.09. The maximum absolute atomic E-state index is 4.90. The van der Waals surface area contributed by atoms with Crippen LogP contribution >= 0.6 is 20.2 Å². The summed E-state index contributed by atoms with van der Waals surface area (Å²) in [5.74, 6) is 0.837. The minimum atomic E-state index is 0.144. The fourth-order valence-corrected chi connectivity index (χ4v) is 3.68. The number of rotatable bonds is 4. The summed E-state index contributed by atoms with van der Waals surface area (Å²) in [5.41, 5.74) is 8.92. The molecule has 0 N–H and O–H groups in total. The first-order valence-electron chi connectivity index (χ1n) is 11.0. The molecule has 0 fully saturated rings. The molecule has 2 aromatic carbocycles. The van der Waals surface area contributed by atoms with E-state index in [1.165, 1.54) is 22.3 Å². The molecule has 0 saturated heterocycles. The van der Waals surface area contributed by atoms with E-state index in [0.29, 0.717) is 0 Å². The van der Waals surface area contributed by atoms with E-state index >= 15 is 0 Å². The van der Waals surface area contributed by atoms with E-state index < -0.39 is 0 Å². The molecular formula is C28H33Cl2FeN3+. The van der Waals surface area contributed by atoms with Gasteiger partial charge in [0.15, 0.2) is 5.69 Å². The molecular weight excluding hydrogens is 505 g/mol. The molecule has 34 heavy (non-hydrogen) atoms. The van der Waals surface area contributed by atoms with Crippen LogP contribution in [0.4, 0.5) is 11.5 Å². The van der Waals surface area contributed by atoms with Crippen LogP contribution in [-0.4, -0.2) is 28.5 Å². The van der Waals surface area contributed by atoms with Crippen molar-refractivity contribution in [3.05, 3.63) is 88.1 Å². The molecule has 0 aliphatic heterocycles. The molecule has 0 bridgehead atoms. The monoisotopic (exact) mass is 537 g/mol. The molecule has 3 nitrogen and oxygen atoms in total. The van der Waals surface area contributed by atoms with Gasteiger partial charge in [0.1, 0.15) is 0 Å². The fraction of sp³-hybridized carbons (Fsp3) is 0.321. The summed E-state index contributed by atoms with van der Waals surface area (Å²) >= 11 is 0.194. The zero-order valence-corrected chi connectivity index (χ0v) is 23.8. The van der Waals surface area contributed by atoms with Crippen molar-refractivity contribution < 1.29 is 17.7 Å². The Kier molecular flexibility index (Phi) is 10.5. The Morgan fingerprint density at radius 1 is 0.971 bits per heavy atom. The van der Waals surface area contributed by atoms with Gasteiger partial charge in [0.05, 0.1) is 18.4 Å². The third kappa shape index (κ3) is 8.06. The Bertz CT molecular complexity index is 1150. The normalized spacial score (nSPS) is 12.3. The number of aryl methyl sites for hydroxylation is 3. The minimum absolute atomic E-state index is 0.144. The Balaban J connectivity index is 0.00000129. The predicted molar refractivity (Wildman–Crippen MR) is 144 cm³/mol. The van der Waals surface area contributed by atoms with Crippen molar-refractivity contribution in [2.75, 3.05) is 7.05 Å². The zero-order chi connectivity index (χ0) is 25.5. The molecule has 1 aromatic heterocycles. The molecule has 0 atom stereocenters. The first-order chi connectivity index (χ1) is 16.0. The standard InChI is InChI=1S/C28H33N3.2ClH.Fe/c1-19-16-20(2)27(21(3)17-19)29-22(4)25-10-9-11-26(30-25)31(8)18-23-12-14-24(15-13-23)28(5,6)7;;;/h9-17H,1-8H3;2*1H;/q;;;+3/p-2. The first kappa shape index (κ1) is 28.3. The van der Waals surface area contributed by atoms with Crippen LogP contribution in [0.3, 0.4) is 0 Å². The number of aromatic nitrogens is 1. The van der Waals surface area contributed by atoms with Crippen molar-refractivity contribution in [3.8, 4) is 0 Å². The quantitative estimate of drug-likeness (QED) is 0.143. The summed E-state index contributed by atoms with van der Waals surface area (Å²) < 4.78 is 1.94. The number of pyridine rings is 1. The number of hydrogen-bond donors (Lipinski definition) is 0. The maximum atomic E-state index is 4.90. The summed E-state index contributed by atoms with van der Waals surface area (Å²) in [7, 11) is 11.5. The van der Waals surface area contributed by atoms with E-state index in [9.17, 15) is 0 Å². The van der Waals surface area contributed by atoms with Crippen LogP contribution in [0.5, 0.6) is 0 Å². The van der Waals surface area contributed by atoms with E-state index in [1.54, 1.807) is 0 Å². The van der Waals surface area contributed by atoms with E-state index in [-0.39, 0.29) is 18.5 Å². The van der Waals surface area contributed by atoms with Gasteiger partial charge in [0, 0.05) is 6.21 Å². The van der Waals surface area contributed by atoms with Crippen molar-refractivity contribution in [1.82, 2.24) is 4.98 Å². The SMILES string of the molecule is CC(=Nc1c(C)cc(C)cc1C)c1cccc([N+](C)=[C-]c2ccc(C(C)(C)C)cc2)n1.[Cl][Fe+][Cl]. The molecule has 0 aliphatic carbocycles. The van der Waals surface area contributed by atoms with E-state index in [0.717, 1.165) is 28.5 Å². The second kappa shape index (κ2) is 12.7. The average Bonchev–Trinajstić information content (AvgIpc) is 2.76. The average molecular weight is 538 g/mol. The van der Waals surface area contributed by atoms with Gasteiger partial charge in [-0.25, -0.2) is 4.99 Å². The van der Waals surface area contributed by atoms with Gasteiger partial charge in [0.2, 0.25) is 0 Å². The summed E-state index contributed by atoms with van der Waals surface area (Å²) in [6.45, 7) is 15.0. The molecule has 181 valence electrons. The van der Waals surface area contributed by atoms with Crippen LogP contribution < -0.4 is 0 Å². The van der Waals surface area contributed by atoms with E-state index in [2.05, 4.69) is 84.2 Å². The summed E-state index contributed by atoms with van der Waals surface area (Å²) in [4.78, 5) is 9.73. The second-order valence-electron chi connectivity index (χ2n) is 9.37. The molecule has 3 aromatic rings. The summed E-state index contributed by atoms with van der Waals surface area (Å²) in [6.07, 6.45) is 3.41. The molecule has 0 aliphatic rings. The van der Waals surface area contributed by atoms with Gasteiger partial charge < -0.3 is 4.58 Å². The van der Waals surface area contributed by atoms with Crippen molar-refractivity contribution in [1.29, 1.82) is 0 Å². The summed E-state index contributed by atoms with van der Waals surface area (Å²) in [6, 6.07) is 18.9. The van der Waals surface area contributed by atoms with Crippen molar-refractivity contribution >= 4 is 43.6 Å². The van der Waals surface area contributed by atoms with Crippen LogP contribution in [0.1, 0.15) is 61.2 Å². The van der Waals surface area contributed by atoms with Crippen molar-refractivity contribution in [3.63, 3.8) is 0 Å². The van der Waals surface area contributed by atoms with Gasteiger partial charge in [-0.1, -0.05) is 55.1 Å². The molecule has 3 rings (SSSR count). The van der Waals surface area contributed by atoms with Crippen LogP contribution in [0.2, 0.25) is 0 Å². The first-order valence-corrected chi connectivity index (χ1v) is 14.1. The van der Waals surface area contributed by atoms with E-state index in [1.807, 2.05) is 36.7 Å². The van der Waals surface area contributed by atoms with E-state index in [4.69, 9.17) is 30.2 Å². The number of aliphatic imine (C=N–C) groups is 1. The molecule has 0 unspecified atom stereocenters. The molecule has 0 amide bonds. The third-order valence-corrected chi connectivity index (χ3v) is 5.41. The molecule has 0 saturated carbocycles. The molecule has 0 spiro atoms. The number of benzene rings is 2. The topological polar surface area (TPSA) is 28.3 Å². The Morgan fingerprint density at radius 3 is 2.06 bits per heavy atom. The van der Waals surface area contributed by atoms with Crippen molar-refractivity contribution in [2.24, 2.45) is 4.99 Å². The fourth-order valence-electron chi connectivity index (χ4n) is 3.68. The van der Waals surface area contributed by atoms with Gasteiger partial charge in [-0.15, -0.1) is 29.8 Å². The van der Waals surface area contributed by atoms with Gasteiger partial charge >= 0.3 is 33.3 Å².